The van der Waals surface area contributed by atoms with E-state index in [0.717, 1.165) is 19.5 Å². The second-order valence-corrected chi connectivity index (χ2v) is 9.34. The van der Waals surface area contributed by atoms with Gasteiger partial charge in [-0.2, -0.15) is 0 Å². The van der Waals surface area contributed by atoms with Crippen molar-refractivity contribution < 1.29 is 13.3 Å². The highest BCUT2D eigenvalue weighted by Crippen LogP contribution is 2.27. The van der Waals surface area contributed by atoms with Crippen molar-refractivity contribution in [3.05, 3.63) is 35.9 Å². The van der Waals surface area contributed by atoms with Gasteiger partial charge in [-0.05, 0) is 24.9 Å². The average Bonchev–Trinajstić information content (AvgIpc) is 2.71. The van der Waals surface area contributed by atoms with Crippen molar-refractivity contribution in [2.75, 3.05) is 27.9 Å². The third-order valence-corrected chi connectivity index (χ3v) is 8.03. The lowest BCUT2D eigenvalue weighted by Gasteiger charge is -2.39. The summed E-state index contributed by atoms with van der Waals surface area (Å²) < 4.78 is 17.5. The number of benzene rings is 1. The van der Waals surface area contributed by atoms with E-state index < -0.39 is 8.80 Å². The highest BCUT2D eigenvalue weighted by Gasteiger charge is 2.49. The second-order valence-electron chi connectivity index (χ2n) is 6.24. The molecular weight excluding hydrogens is 306 g/mol. The van der Waals surface area contributed by atoms with Crippen LogP contribution in [-0.2, 0) is 19.8 Å². The van der Waals surface area contributed by atoms with Gasteiger partial charge in [0.1, 0.15) is 0 Å². The number of hydrogen-bond donors (Lipinski definition) is 0. The van der Waals surface area contributed by atoms with Crippen LogP contribution in [0.2, 0.25) is 0 Å². The molecule has 0 saturated carbocycles. The Hall–Kier alpha value is -0.723. The summed E-state index contributed by atoms with van der Waals surface area (Å²) in [4.78, 5) is 2.53. The Kier molecular flexibility index (Phi) is 7.72. The van der Waals surface area contributed by atoms with Crippen LogP contribution in [-0.4, -0.2) is 47.2 Å². The van der Waals surface area contributed by atoms with Gasteiger partial charge in [0.2, 0.25) is 0 Å². The molecule has 0 N–H and O–H groups in total. The molecule has 1 aromatic rings. The SMILES string of the molecule is CO[Si](OC)(OC)C1CCCCCCCN1Cc1ccccc1. The summed E-state index contributed by atoms with van der Waals surface area (Å²) in [5, 5.41) is 0. The van der Waals surface area contributed by atoms with Gasteiger partial charge >= 0.3 is 8.80 Å². The average molecular weight is 338 g/mol. The molecule has 1 heterocycles. The first kappa shape index (κ1) is 18.6. The minimum Gasteiger partial charge on any atom is -0.376 e. The van der Waals surface area contributed by atoms with Crippen molar-refractivity contribution in [3.8, 4) is 0 Å². The van der Waals surface area contributed by atoms with Gasteiger partial charge in [0.05, 0.1) is 5.67 Å². The molecule has 0 aromatic heterocycles. The topological polar surface area (TPSA) is 30.9 Å². The first-order valence-electron chi connectivity index (χ1n) is 8.69. The summed E-state index contributed by atoms with van der Waals surface area (Å²) >= 11 is 0. The smallest absolute Gasteiger partial charge is 0.376 e. The molecule has 0 radical (unpaired) electrons. The number of nitrogens with zero attached hydrogens (tertiary/aromatic N) is 1. The predicted octanol–water partition coefficient (Wildman–Crippen LogP) is 3.63. The Balaban J connectivity index is 2.25. The Morgan fingerprint density at radius 3 is 2.17 bits per heavy atom. The Morgan fingerprint density at radius 2 is 1.52 bits per heavy atom. The van der Waals surface area contributed by atoms with Crippen LogP contribution in [0.5, 0.6) is 0 Å². The lowest BCUT2D eigenvalue weighted by Crippen LogP contribution is -2.61. The summed E-state index contributed by atoms with van der Waals surface area (Å²) in [7, 11) is 2.50. The Morgan fingerprint density at radius 1 is 0.913 bits per heavy atom. The van der Waals surface area contributed by atoms with Gasteiger partial charge < -0.3 is 13.3 Å². The Labute approximate surface area is 142 Å². The van der Waals surface area contributed by atoms with Crippen molar-refractivity contribution in [2.24, 2.45) is 0 Å². The maximum Gasteiger partial charge on any atom is 0.518 e. The molecule has 130 valence electrons. The molecule has 2 rings (SSSR count). The molecule has 5 heteroatoms. The molecule has 1 aliphatic rings. The van der Waals surface area contributed by atoms with Crippen LogP contribution in [0.25, 0.3) is 0 Å². The van der Waals surface area contributed by atoms with Gasteiger partial charge in [-0.25, -0.2) is 0 Å². The zero-order valence-electron chi connectivity index (χ0n) is 14.8. The summed E-state index contributed by atoms with van der Waals surface area (Å²) in [5.74, 6) is 0. The van der Waals surface area contributed by atoms with Crippen LogP contribution < -0.4 is 0 Å². The van der Waals surface area contributed by atoms with E-state index in [9.17, 15) is 0 Å². The van der Waals surface area contributed by atoms with Gasteiger partial charge in [0.25, 0.3) is 0 Å². The quantitative estimate of drug-likeness (QED) is 0.742. The monoisotopic (exact) mass is 337 g/mol. The number of rotatable bonds is 6. The molecule has 1 atom stereocenters. The fourth-order valence-corrected chi connectivity index (χ4v) is 6.13. The highest BCUT2D eigenvalue weighted by molar-refractivity contribution is 6.62. The first-order chi connectivity index (χ1) is 11.3. The molecule has 1 aliphatic heterocycles. The van der Waals surface area contributed by atoms with Gasteiger partial charge in [0, 0.05) is 27.9 Å². The van der Waals surface area contributed by atoms with Crippen molar-refractivity contribution in [3.63, 3.8) is 0 Å². The maximum absolute atomic E-state index is 5.83. The highest BCUT2D eigenvalue weighted by atomic mass is 28.4. The van der Waals surface area contributed by atoms with Crippen LogP contribution in [0, 0.1) is 0 Å². The normalized spacial score (nSPS) is 21.4. The van der Waals surface area contributed by atoms with Crippen molar-refractivity contribution >= 4 is 8.80 Å². The predicted molar refractivity (Wildman–Crippen MR) is 95.1 cm³/mol. The zero-order chi connectivity index (χ0) is 16.5. The standard InChI is InChI=1S/C18H31NO3Si/c1-20-23(21-2,22-3)18-14-10-5-4-6-11-15-19(18)16-17-12-8-7-9-13-17/h7-9,12-13,18H,4-6,10-11,14-16H2,1-3H3. The third-order valence-electron chi connectivity index (χ3n) is 4.85. The maximum atomic E-state index is 5.83. The molecule has 4 nitrogen and oxygen atoms in total. The minimum atomic E-state index is -2.68. The van der Waals surface area contributed by atoms with Crippen LogP contribution in [0.3, 0.4) is 0 Å². The van der Waals surface area contributed by atoms with E-state index in [1.54, 1.807) is 21.3 Å². The molecule has 23 heavy (non-hydrogen) atoms. The molecular formula is C18H31NO3Si. The van der Waals surface area contributed by atoms with E-state index in [4.69, 9.17) is 13.3 Å². The van der Waals surface area contributed by atoms with E-state index in [1.807, 2.05) is 0 Å². The van der Waals surface area contributed by atoms with Crippen LogP contribution in [0.1, 0.15) is 44.1 Å². The number of hydrogen-bond acceptors (Lipinski definition) is 4. The van der Waals surface area contributed by atoms with E-state index in [0.29, 0.717) is 0 Å². The van der Waals surface area contributed by atoms with E-state index in [2.05, 4.69) is 35.2 Å². The van der Waals surface area contributed by atoms with Crippen molar-refractivity contribution in [2.45, 2.75) is 50.7 Å². The van der Waals surface area contributed by atoms with Crippen molar-refractivity contribution in [1.29, 1.82) is 0 Å². The van der Waals surface area contributed by atoms with Crippen LogP contribution >= 0.6 is 0 Å². The first-order valence-corrected chi connectivity index (χ1v) is 10.5. The molecule has 1 fully saturated rings. The van der Waals surface area contributed by atoms with Crippen molar-refractivity contribution in [1.82, 2.24) is 4.90 Å². The lowest BCUT2D eigenvalue weighted by atomic mass is 10.1. The van der Waals surface area contributed by atoms with E-state index in [-0.39, 0.29) is 5.67 Å². The molecule has 1 aromatic carbocycles. The molecule has 0 bridgehead atoms. The third kappa shape index (κ3) is 4.87. The van der Waals surface area contributed by atoms with Gasteiger partial charge in [-0.3, -0.25) is 4.90 Å². The van der Waals surface area contributed by atoms with E-state index in [1.165, 1.54) is 37.7 Å². The van der Waals surface area contributed by atoms with Gasteiger partial charge in [-0.1, -0.05) is 56.0 Å². The molecule has 1 saturated heterocycles. The lowest BCUT2D eigenvalue weighted by molar-refractivity contribution is 0.0677. The largest absolute Gasteiger partial charge is 0.518 e. The Bertz CT molecular complexity index is 431. The fraction of sp³-hybridized carbons (Fsp3) is 0.667. The van der Waals surface area contributed by atoms with Crippen LogP contribution in [0.15, 0.2) is 30.3 Å². The summed E-state index contributed by atoms with van der Waals surface area (Å²) in [6.45, 7) is 2.00. The summed E-state index contributed by atoms with van der Waals surface area (Å²) in [6, 6.07) is 10.7. The molecule has 0 amide bonds. The zero-order valence-corrected chi connectivity index (χ0v) is 15.8. The molecule has 0 aliphatic carbocycles. The summed E-state index contributed by atoms with van der Waals surface area (Å²) in [5.41, 5.74) is 1.56. The molecule has 0 spiro atoms. The van der Waals surface area contributed by atoms with Gasteiger partial charge in [-0.15, -0.1) is 0 Å². The fourth-order valence-electron chi connectivity index (χ4n) is 3.59. The second kappa shape index (κ2) is 9.54. The minimum absolute atomic E-state index is 0.223. The summed E-state index contributed by atoms with van der Waals surface area (Å²) in [6.07, 6.45) is 7.44. The molecule has 1 unspecified atom stereocenters. The van der Waals surface area contributed by atoms with E-state index >= 15 is 0 Å². The van der Waals surface area contributed by atoms with Gasteiger partial charge in [0.15, 0.2) is 0 Å². The van der Waals surface area contributed by atoms with Crippen LogP contribution in [0.4, 0.5) is 0 Å².